The predicted octanol–water partition coefficient (Wildman–Crippen LogP) is 1.83. The molecule has 1 atom stereocenters. The van der Waals surface area contributed by atoms with Crippen LogP contribution in [0.5, 0.6) is 0 Å². The number of hydrogen-bond donors (Lipinski definition) is 1. The van der Waals surface area contributed by atoms with Gasteiger partial charge in [-0.3, -0.25) is 9.13 Å². The molecule has 0 saturated carbocycles. The van der Waals surface area contributed by atoms with Gasteiger partial charge in [-0.15, -0.1) is 0 Å². The van der Waals surface area contributed by atoms with Gasteiger partial charge in [0.2, 0.25) is 0 Å². The maximum atomic E-state index is 12.1. The Morgan fingerprint density at radius 2 is 2.09 bits per heavy atom. The summed E-state index contributed by atoms with van der Waals surface area (Å²) in [4.78, 5) is 27.5. The fourth-order valence-corrected chi connectivity index (χ4v) is 2.26. The van der Waals surface area contributed by atoms with Gasteiger partial charge in [0.15, 0.2) is 5.82 Å². The molecule has 1 heterocycles. The van der Waals surface area contributed by atoms with Gasteiger partial charge in [-0.1, -0.05) is 19.1 Å². The van der Waals surface area contributed by atoms with Gasteiger partial charge in [0.05, 0.1) is 12.5 Å². The number of carbonyl (C=O) groups excluding carboxylic acids is 1. The molecule has 8 heteroatoms. The number of nitrogens with one attached hydrogen (secondary N) is 1. The van der Waals surface area contributed by atoms with Gasteiger partial charge >= 0.3 is 5.69 Å². The normalized spacial score (nSPS) is 12.5. The van der Waals surface area contributed by atoms with Crippen LogP contribution in [0.15, 0.2) is 9.79 Å². The molecule has 1 N–H and O–H groups in total. The summed E-state index contributed by atoms with van der Waals surface area (Å²) in [5.74, 6) is 0.150. The van der Waals surface area contributed by atoms with Crippen LogP contribution in [0.4, 0.5) is 11.5 Å². The SMILES string of the molecule is C/C=N\c1c(NCC(C=O)COCCC)c(=S)n(C)c(=O)n1C. The van der Waals surface area contributed by atoms with Crippen molar-refractivity contribution < 1.29 is 9.53 Å². The van der Waals surface area contributed by atoms with E-state index in [1.807, 2.05) is 6.92 Å². The third-order valence-electron chi connectivity index (χ3n) is 3.30. The summed E-state index contributed by atoms with van der Waals surface area (Å²) in [5, 5.41) is 3.14. The Hall–Kier alpha value is -1.80. The molecule has 0 aliphatic carbocycles. The molecule has 1 aromatic heterocycles. The zero-order valence-corrected chi connectivity index (χ0v) is 14.9. The topological polar surface area (TPSA) is 77.6 Å². The van der Waals surface area contributed by atoms with Crippen LogP contribution < -0.4 is 11.0 Å². The fraction of sp³-hybridized carbons (Fsp3) is 0.600. The van der Waals surface area contributed by atoms with Crippen molar-refractivity contribution in [2.75, 3.05) is 25.1 Å². The minimum Gasteiger partial charge on any atom is -0.381 e. The fourth-order valence-electron chi connectivity index (χ4n) is 2.02. The molecule has 7 nitrogen and oxygen atoms in total. The van der Waals surface area contributed by atoms with E-state index < -0.39 is 0 Å². The molecule has 0 fully saturated rings. The van der Waals surface area contributed by atoms with Gasteiger partial charge < -0.3 is 14.8 Å². The average molecular weight is 340 g/mol. The van der Waals surface area contributed by atoms with Crippen molar-refractivity contribution in [1.29, 1.82) is 0 Å². The van der Waals surface area contributed by atoms with Gasteiger partial charge in [0.25, 0.3) is 0 Å². The second-order valence-corrected chi connectivity index (χ2v) is 5.53. The number of nitrogens with zero attached hydrogens (tertiary/aromatic N) is 3. The van der Waals surface area contributed by atoms with E-state index >= 15 is 0 Å². The quantitative estimate of drug-likeness (QED) is 0.321. The maximum absolute atomic E-state index is 12.1. The smallest absolute Gasteiger partial charge is 0.330 e. The van der Waals surface area contributed by atoms with E-state index in [2.05, 4.69) is 10.3 Å². The second-order valence-electron chi connectivity index (χ2n) is 5.14. The lowest BCUT2D eigenvalue weighted by molar-refractivity contribution is -0.112. The van der Waals surface area contributed by atoms with Crippen LogP contribution in [0, 0.1) is 10.6 Å². The Balaban J connectivity index is 3.05. The molecule has 0 aliphatic heterocycles. The number of aromatic nitrogens is 2. The van der Waals surface area contributed by atoms with E-state index in [1.165, 1.54) is 9.13 Å². The van der Waals surface area contributed by atoms with Crippen molar-refractivity contribution in [3.8, 4) is 0 Å². The second kappa shape index (κ2) is 9.36. The molecule has 0 aliphatic rings. The van der Waals surface area contributed by atoms with E-state index in [4.69, 9.17) is 17.0 Å². The summed E-state index contributed by atoms with van der Waals surface area (Å²) < 4.78 is 8.56. The summed E-state index contributed by atoms with van der Waals surface area (Å²) in [5.41, 5.74) is 0.310. The van der Waals surface area contributed by atoms with E-state index in [0.29, 0.717) is 35.9 Å². The standard InChI is InChI=1S/C15H24N4O3S/c1-5-7-22-10-11(9-20)8-17-12-13(16-6-2)18(3)15(21)19(4)14(12)23/h6,9,11,17H,5,7-8,10H2,1-4H3/b16-6-. The lowest BCUT2D eigenvalue weighted by atomic mass is 10.2. The first-order chi connectivity index (χ1) is 11.0. The highest BCUT2D eigenvalue weighted by molar-refractivity contribution is 7.71. The van der Waals surface area contributed by atoms with Crippen LogP contribution >= 0.6 is 12.2 Å². The molecule has 1 aromatic rings. The summed E-state index contributed by atoms with van der Waals surface area (Å²) >= 11 is 5.33. The van der Waals surface area contributed by atoms with E-state index in [9.17, 15) is 9.59 Å². The zero-order valence-electron chi connectivity index (χ0n) is 14.0. The average Bonchev–Trinajstić information content (AvgIpc) is 2.55. The molecule has 0 saturated heterocycles. The number of aliphatic imine (C=N–C) groups is 1. The van der Waals surface area contributed by atoms with Gasteiger partial charge in [-0.05, 0) is 13.3 Å². The van der Waals surface area contributed by atoms with Gasteiger partial charge in [0.1, 0.15) is 16.6 Å². The molecule has 0 amide bonds. The summed E-state index contributed by atoms with van der Waals surface area (Å²) in [6.45, 7) is 5.10. The van der Waals surface area contributed by atoms with E-state index in [0.717, 1.165) is 12.7 Å². The minimum atomic E-state index is -0.294. The highest BCUT2D eigenvalue weighted by Crippen LogP contribution is 2.23. The van der Waals surface area contributed by atoms with Crippen LogP contribution in [-0.2, 0) is 23.6 Å². The number of rotatable bonds is 9. The number of anilines is 1. The summed E-state index contributed by atoms with van der Waals surface area (Å²) in [6.07, 6.45) is 3.36. The van der Waals surface area contributed by atoms with Crippen LogP contribution in [0.25, 0.3) is 0 Å². The van der Waals surface area contributed by atoms with Crippen LogP contribution in [0.3, 0.4) is 0 Å². The minimum absolute atomic E-state index is 0.251. The molecular formula is C15H24N4O3S. The molecule has 0 spiro atoms. The summed E-state index contributed by atoms with van der Waals surface area (Å²) in [7, 11) is 3.24. The molecule has 0 bridgehead atoms. The predicted molar refractivity (Wildman–Crippen MR) is 94.5 cm³/mol. The van der Waals surface area contributed by atoms with Crippen molar-refractivity contribution in [3.05, 3.63) is 15.1 Å². The maximum Gasteiger partial charge on any atom is 0.330 e. The highest BCUT2D eigenvalue weighted by atomic mass is 32.1. The van der Waals surface area contributed by atoms with Crippen LogP contribution in [0.2, 0.25) is 0 Å². The molecule has 0 aromatic carbocycles. The van der Waals surface area contributed by atoms with Gasteiger partial charge in [-0.2, -0.15) is 0 Å². The zero-order chi connectivity index (χ0) is 17.4. The Labute approximate surface area is 141 Å². The first-order valence-corrected chi connectivity index (χ1v) is 7.94. The molecule has 1 rings (SSSR count). The Morgan fingerprint density at radius 1 is 1.39 bits per heavy atom. The number of hydrogen-bond acceptors (Lipinski definition) is 6. The molecule has 1 unspecified atom stereocenters. The highest BCUT2D eigenvalue weighted by Gasteiger charge is 2.14. The van der Waals surface area contributed by atoms with Crippen LogP contribution in [0.1, 0.15) is 20.3 Å². The number of carbonyl (C=O) groups is 1. The Bertz CT molecular complexity index is 679. The van der Waals surface area contributed by atoms with Crippen molar-refractivity contribution >= 4 is 36.2 Å². The van der Waals surface area contributed by atoms with Crippen molar-refractivity contribution in [2.45, 2.75) is 20.3 Å². The van der Waals surface area contributed by atoms with Crippen molar-refractivity contribution in [2.24, 2.45) is 25.0 Å². The van der Waals surface area contributed by atoms with Gasteiger partial charge in [0, 0.05) is 33.5 Å². The lowest BCUT2D eigenvalue weighted by Gasteiger charge is -2.17. The van der Waals surface area contributed by atoms with E-state index in [1.54, 1.807) is 27.2 Å². The third kappa shape index (κ3) is 4.84. The molecule has 128 valence electrons. The number of ether oxygens (including phenoxy) is 1. The molecular weight excluding hydrogens is 316 g/mol. The lowest BCUT2D eigenvalue weighted by Crippen LogP contribution is -2.29. The first kappa shape index (κ1) is 19.2. The Kier molecular flexibility index (Phi) is 7.84. The summed E-state index contributed by atoms with van der Waals surface area (Å²) in [6, 6.07) is 0. The number of aldehydes is 1. The third-order valence-corrected chi connectivity index (χ3v) is 3.78. The van der Waals surface area contributed by atoms with Crippen molar-refractivity contribution in [3.63, 3.8) is 0 Å². The van der Waals surface area contributed by atoms with Crippen molar-refractivity contribution in [1.82, 2.24) is 9.13 Å². The largest absolute Gasteiger partial charge is 0.381 e. The first-order valence-electron chi connectivity index (χ1n) is 7.53. The van der Waals surface area contributed by atoms with Gasteiger partial charge in [-0.25, -0.2) is 9.79 Å². The Morgan fingerprint density at radius 3 is 2.65 bits per heavy atom. The molecule has 0 radical (unpaired) electrons. The molecule has 23 heavy (non-hydrogen) atoms. The monoisotopic (exact) mass is 340 g/mol. The van der Waals surface area contributed by atoms with Crippen LogP contribution in [-0.4, -0.2) is 41.4 Å². The van der Waals surface area contributed by atoms with E-state index in [-0.39, 0.29) is 11.6 Å².